The monoisotopic (exact) mass is 240 g/mol. The Morgan fingerprint density at radius 1 is 1.65 bits per heavy atom. The van der Waals surface area contributed by atoms with Gasteiger partial charge in [0.05, 0.1) is 4.92 Å². The molecule has 1 aromatic rings. The molecule has 0 bridgehead atoms. The fourth-order valence-corrected chi connectivity index (χ4v) is 1.42. The average molecular weight is 240 g/mol. The van der Waals surface area contributed by atoms with Crippen molar-refractivity contribution in [1.29, 1.82) is 0 Å². The highest BCUT2D eigenvalue weighted by atomic mass is 16.6. The topological polar surface area (TPSA) is 114 Å². The van der Waals surface area contributed by atoms with E-state index in [4.69, 9.17) is 10.8 Å². The third-order valence-corrected chi connectivity index (χ3v) is 2.27. The molecule has 0 aliphatic rings. The maximum absolute atomic E-state index is 10.8. The van der Waals surface area contributed by atoms with Crippen LogP contribution in [0.2, 0.25) is 0 Å². The van der Waals surface area contributed by atoms with Gasteiger partial charge in [0.2, 0.25) is 5.82 Å². The minimum Gasteiger partial charge on any atom is -0.396 e. The van der Waals surface area contributed by atoms with E-state index in [1.54, 1.807) is 0 Å². The van der Waals surface area contributed by atoms with Crippen LogP contribution in [-0.2, 0) is 0 Å². The third-order valence-electron chi connectivity index (χ3n) is 2.27. The van der Waals surface area contributed by atoms with Gasteiger partial charge in [0, 0.05) is 18.7 Å². The molecule has 1 rings (SSSR count). The molecule has 0 aliphatic heterocycles. The first-order valence-electron chi connectivity index (χ1n) is 5.33. The fourth-order valence-electron chi connectivity index (χ4n) is 1.42. The molecule has 94 valence electrons. The summed E-state index contributed by atoms with van der Waals surface area (Å²) in [4.78, 5) is 14.2. The van der Waals surface area contributed by atoms with Gasteiger partial charge >= 0.3 is 5.69 Å². The summed E-state index contributed by atoms with van der Waals surface area (Å²) in [5, 5.41) is 22.4. The highest BCUT2D eigenvalue weighted by Gasteiger charge is 2.16. The molecule has 0 saturated carbocycles. The second kappa shape index (κ2) is 6.00. The van der Waals surface area contributed by atoms with Gasteiger partial charge in [-0.15, -0.1) is 0 Å². The Kier molecular flexibility index (Phi) is 4.65. The van der Waals surface area contributed by atoms with E-state index in [0.717, 1.165) is 0 Å². The van der Waals surface area contributed by atoms with Gasteiger partial charge in [0.1, 0.15) is 5.82 Å². The number of aromatic nitrogens is 1. The molecule has 0 spiro atoms. The van der Waals surface area contributed by atoms with Crippen LogP contribution in [0.1, 0.15) is 19.8 Å². The van der Waals surface area contributed by atoms with E-state index in [-0.39, 0.29) is 30.0 Å². The van der Waals surface area contributed by atoms with Gasteiger partial charge in [-0.1, -0.05) is 0 Å². The molecule has 7 heteroatoms. The van der Waals surface area contributed by atoms with Crippen molar-refractivity contribution < 1.29 is 10.0 Å². The van der Waals surface area contributed by atoms with Crippen LogP contribution in [0, 0.1) is 10.1 Å². The van der Waals surface area contributed by atoms with Gasteiger partial charge in [0.15, 0.2) is 0 Å². The van der Waals surface area contributed by atoms with Crippen LogP contribution in [0.5, 0.6) is 0 Å². The van der Waals surface area contributed by atoms with Crippen LogP contribution in [0.4, 0.5) is 17.3 Å². The maximum Gasteiger partial charge on any atom is 0.311 e. The Morgan fingerprint density at radius 3 is 2.94 bits per heavy atom. The highest BCUT2D eigenvalue weighted by molar-refractivity contribution is 5.59. The maximum atomic E-state index is 10.8. The smallest absolute Gasteiger partial charge is 0.311 e. The van der Waals surface area contributed by atoms with Crippen LogP contribution >= 0.6 is 0 Å². The fraction of sp³-hybridized carbons (Fsp3) is 0.500. The predicted molar refractivity (Wildman–Crippen MR) is 64.7 cm³/mol. The summed E-state index contributed by atoms with van der Waals surface area (Å²) in [6, 6.07) is 2.70. The first kappa shape index (κ1) is 13.2. The molecule has 0 fully saturated rings. The molecule has 4 N–H and O–H groups in total. The normalized spacial score (nSPS) is 12.1. The third kappa shape index (κ3) is 3.87. The number of hydrogen-bond acceptors (Lipinski definition) is 6. The van der Waals surface area contributed by atoms with Crippen molar-refractivity contribution in [3.63, 3.8) is 0 Å². The lowest BCUT2D eigenvalue weighted by Gasteiger charge is -2.13. The molecule has 0 saturated heterocycles. The zero-order chi connectivity index (χ0) is 12.8. The van der Waals surface area contributed by atoms with Crippen molar-refractivity contribution in [2.75, 3.05) is 17.7 Å². The highest BCUT2D eigenvalue weighted by Crippen LogP contribution is 2.23. The van der Waals surface area contributed by atoms with E-state index < -0.39 is 4.92 Å². The molecule has 1 aromatic heterocycles. The van der Waals surface area contributed by atoms with Crippen LogP contribution in [0.15, 0.2) is 12.1 Å². The molecule has 1 atom stereocenters. The predicted octanol–water partition coefficient (Wildman–Crippen LogP) is 1.14. The summed E-state index contributed by atoms with van der Waals surface area (Å²) in [6.45, 7) is 1.96. The number of hydrogen-bond donors (Lipinski definition) is 3. The van der Waals surface area contributed by atoms with Crippen molar-refractivity contribution >= 4 is 17.3 Å². The molecule has 7 nitrogen and oxygen atoms in total. The largest absolute Gasteiger partial charge is 0.396 e. The zero-order valence-corrected chi connectivity index (χ0v) is 9.59. The zero-order valence-electron chi connectivity index (χ0n) is 9.59. The molecule has 1 unspecified atom stereocenters. The Morgan fingerprint density at radius 2 is 2.35 bits per heavy atom. The number of nitrogens with zero attached hydrogens (tertiary/aromatic N) is 2. The molecule has 1 heterocycles. The summed E-state index contributed by atoms with van der Waals surface area (Å²) < 4.78 is 0. The van der Waals surface area contributed by atoms with E-state index in [9.17, 15) is 10.1 Å². The number of pyridine rings is 1. The Labute approximate surface area is 98.8 Å². The number of aliphatic hydroxyl groups is 1. The van der Waals surface area contributed by atoms with E-state index >= 15 is 0 Å². The van der Waals surface area contributed by atoms with Crippen molar-refractivity contribution in [3.8, 4) is 0 Å². The van der Waals surface area contributed by atoms with Gasteiger partial charge < -0.3 is 16.2 Å². The van der Waals surface area contributed by atoms with E-state index in [1.165, 1.54) is 12.1 Å². The molecule has 0 amide bonds. The first-order valence-corrected chi connectivity index (χ1v) is 5.33. The Balaban J connectivity index is 2.81. The Bertz CT molecular complexity index is 397. The molecule has 0 radical (unpaired) electrons. The van der Waals surface area contributed by atoms with Crippen molar-refractivity contribution in [1.82, 2.24) is 4.98 Å². The lowest BCUT2D eigenvalue weighted by Crippen LogP contribution is -2.17. The minimum atomic E-state index is -0.506. The van der Waals surface area contributed by atoms with Crippen molar-refractivity contribution in [3.05, 3.63) is 22.2 Å². The van der Waals surface area contributed by atoms with E-state index in [2.05, 4.69) is 10.3 Å². The van der Waals surface area contributed by atoms with Crippen molar-refractivity contribution in [2.45, 2.75) is 25.8 Å². The van der Waals surface area contributed by atoms with Gasteiger partial charge in [-0.3, -0.25) is 10.1 Å². The second-order valence-electron chi connectivity index (χ2n) is 3.77. The number of nitrogens with one attached hydrogen (secondary N) is 1. The summed E-state index contributed by atoms with van der Waals surface area (Å²) in [5.41, 5.74) is 5.39. The number of anilines is 2. The van der Waals surface area contributed by atoms with Gasteiger partial charge in [-0.05, 0) is 25.8 Å². The van der Waals surface area contributed by atoms with E-state index in [1.807, 2.05) is 6.92 Å². The number of rotatable bonds is 6. The van der Waals surface area contributed by atoms with Crippen LogP contribution in [0.25, 0.3) is 0 Å². The number of nitrogen functional groups attached to an aromatic ring is 1. The van der Waals surface area contributed by atoms with E-state index in [0.29, 0.717) is 12.8 Å². The quantitative estimate of drug-likeness (QED) is 0.507. The number of aliphatic hydroxyl groups excluding tert-OH is 1. The standard InChI is InChI=1S/C10H16N4O3/c1-7(3-2-6-15)12-10-8(14(16)17)4-5-9(11)13-10/h4-5,7,15H,2-3,6H2,1H3,(H3,11,12,13). The summed E-state index contributed by atoms with van der Waals surface area (Å²) in [6.07, 6.45) is 1.33. The van der Waals surface area contributed by atoms with Crippen LogP contribution in [0.3, 0.4) is 0 Å². The van der Waals surface area contributed by atoms with Gasteiger partial charge in [0.25, 0.3) is 0 Å². The number of nitrogens with two attached hydrogens (primary N) is 1. The SMILES string of the molecule is CC(CCCO)Nc1nc(N)ccc1[N+](=O)[O-]. The van der Waals surface area contributed by atoms with Crippen molar-refractivity contribution in [2.24, 2.45) is 0 Å². The summed E-state index contributed by atoms with van der Waals surface area (Å²) in [5.74, 6) is 0.396. The number of nitro groups is 1. The van der Waals surface area contributed by atoms with Crippen LogP contribution in [-0.4, -0.2) is 27.7 Å². The molecule has 0 aliphatic carbocycles. The summed E-state index contributed by atoms with van der Waals surface area (Å²) in [7, 11) is 0. The van der Waals surface area contributed by atoms with Crippen LogP contribution < -0.4 is 11.1 Å². The van der Waals surface area contributed by atoms with Gasteiger partial charge in [-0.25, -0.2) is 4.98 Å². The summed E-state index contributed by atoms with van der Waals surface area (Å²) >= 11 is 0. The molecular weight excluding hydrogens is 224 g/mol. The minimum absolute atomic E-state index is 0.0184. The van der Waals surface area contributed by atoms with Gasteiger partial charge in [-0.2, -0.15) is 0 Å². The first-order chi connectivity index (χ1) is 8.04. The molecule has 0 aromatic carbocycles. The lowest BCUT2D eigenvalue weighted by molar-refractivity contribution is -0.384. The second-order valence-corrected chi connectivity index (χ2v) is 3.77. The Hall–Kier alpha value is -1.89. The average Bonchev–Trinajstić information content (AvgIpc) is 2.26. The molecular formula is C10H16N4O3. The lowest BCUT2D eigenvalue weighted by atomic mass is 10.2. The molecule has 17 heavy (non-hydrogen) atoms.